The zero-order valence-corrected chi connectivity index (χ0v) is 51.8. The number of carboxylic acids is 1. The molecule has 0 spiro atoms. The molecule has 6 unspecified atom stereocenters. The third-order valence-corrected chi connectivity index (χ3v) is 15.1. The minimum Gasteiger partial charge on any atom is -0.479 e. The van der Waals surface area contributed by atoms with E-state index < -0.39 is 67.3 Å². The Kier molecular flexibility index (Phi) is 53.0. The number of aliphatic hydroxyl groups is 2. The number of rotatable bonds is 57. The van der Waals surface area contributed by atoms with Crippen molar-refractivity contribution in [3.63, 3.8) is 0 Å². The zero-order valence-electron chi connectivity index (χ0n) is 51.8. The number of carboxylic acid groups (broad SMARTS) is 1. The fourth-order valence-electron chi connectivity index (χ4n) is 10.1. The van der Waals surface area contributed by atoms with Gasteiger partial charge in [0.25, 0.3) is 0 Å². The molecule has 0 saturated carbocycles. The molecule has 0 aliphatic carbocycles. The highest BCUT2D eigenvalue weighted by molar-refractivity contribution is 5.74. The van der Waals surface area contributed by atoms with Gasteiger partial charge in [-0.05, 0) is 44.9 Å². The molecule has 468 valence electrons. The number of hydrogen-bond acceptors (Lipinski definition) is 11. The summed E-state index contributed by atoms with van der Waals surface area (Å²) in [6, 6.07) is 0. The molecule has 1 aliphatic heterocycles. The highest BCUT2D eigenvalue weighted by Crippen LogP contribution is 2.27. The van der Waals surface area contributed by atoms with E-state index in [-0.39, 0.29) is 25.9 Å². The van der Waals surface area contributed by atoms with Crippen LogP contribution in [0, 0.1) is 0 Å². The molecule has 12 heteroatoms. The Hall–Kier alpha value is -3.58. The average molecular weight is 1140 g/mol. The van der Waals surface area contributed by atoms with Crippen LogP contribution in [0.25, 0.3) is 0 Å². The third-order valence-electron chi connectivity index (χ3n) is 15.1. The first kappa shape index (κ1) is 75.4. The van der Waals surface area contributed by atoms with E-state index >= 15 is 0 Å². The van der Waals surface area contributed by atoms with Gasteiger partial charge >= 0.3 is 23.9 Å². The summed E-state index contributed by atoms with van der Waals surface area (Å²) < 4.78 is 28.4. The monoisotopic (exact) mass is 1140 g/mol. The van der Waals surface area contributed by atoms with Crippen LogP contribution in [0.5, 0.6) is 0 Å². The Bertz CT molecular complexity index is 1640. The van der Waals surface area contributed by atoms with Crippen LogP contribution in [-0.4, -0.2) is 89.2 Å². The van der Waals surface area contributed by atoms with Crippen LogP contribution in [-0.2, 0) is 42.9 Å². The third kappa shape index (κ3) is 46.5. The second-order valence-corrected chi connectivity index (χ2v) is 22.8. The van der Waals surface area contributed by atoms with E-state index in [1.165, 1.54) is 173 Å². The van der Waals surface area contributed by atoms with Crippen LogP contribution in [0.15, 0.2) is 60.8 Å². The van der Waals surface area contributed by atoms with E-state index in [2.05, 4.69) is 63.3 Å². The maximum atomic E-state index is 13.1. The van der Waals surface area contributed by atoms with Crippen molar-refractivity contribution < 1.29 is 58.2 Å². The quantitative estimate of drug-likeness (QED) is 0.0228. The van der Waals surface area contributed by atoms with Crippen molar-refractivity contribution in [1.82, 2.24) is 0 Å². The number of unbranched alkanes of at least 4 members (excludes halogenated alkanes) is 34. The first-order valence-electron chi connectivity index (χ1n) is 33.3. The van der Waals surface area contributed by atoms with Crippen LogP contribution in [0.1, 0.15) is 303 Å². The van der Waals surface area contributed by atoms with Gasteiger partial charge in [-0.25, -0.2) is 4.79 Å². The van der Waals surface area contributed by atoms with Gasteiger partial charge in [0.2, 0.25) is 0 Å². The fourth-order valence-corrected chi connectivity index (χ4v) is 10.1. The van der Waals surface area contributed by atoms with Crippen molar-refractivity contribution in [1.29, 1.82) is 0 Å². The lowest BCUT2D eigenvalue weighted by atomic mass is 9.98. The molecule has 0 aromatic heterocycles. The van der Waals surface area contributed by atoms with Crippen molar-refractivity contribution >= 4 is 23.9 Å². The highest BCUT2D eigenvalue weighted by atomic mass is 16.7. The standard InChI is InChI=1S/C69H120O12/c1-4-7-10-13-16-19-22-25-28-30-31-33-35-37-40-43-46-49-52-55-61(70)77-58-60(79-62(71)56-53-50-47-44-41-38-34-27-24-21-18-15-12-9-6-3)59-78-69-67(65(74)64(73)66(81-69)68(75)76)80-63(72)57-54-51-48-45-42-39-36-32-29-26-23-20-17-14-11-8-5-2/h9,12,18,21,27,34,41,44,50,53,60,64-67,69,73-74H,4-8,10-11,13-17,19-20,22-26,28-33,35-40,42-43,45-49,51-52,54-59H2,1-3H3,(H,75,76)/b12-9-,21-18-,34-27-,44-41-,53-50-. The molecule has 0 bridgehead atoms. The van der Waals surface area contributed by atoms with Crippen LogP contribution in [0.4, 0.5) is 0 Å². The Morgan fingerprint density at radius 2 is 0.765 bits per heavy atom. The molecule has 81 heavy (non-hydrogen) atoms. The van der Waals surface area contributed by atoms with E-state index in [9.17, 15) is 34.5 Å². The molecular weight excluding hydrogens is 1020 g/mol. The number of allylic oxidation sites excluding steroid dienone is 9. The van der Waals surface area contributed by atoms with Gasteiger partial charge in [-0.1, -0.05) is 300 Å². The van der Waals surface area contributed by atoms with Gasteiger partial charge in [0.1, 0.15) is 18.8 Å². The molecule has 0 aromatic carbocycles. The van der Waals surface area contributed by atoms with E-state index in [4.69, 9.17) is 23.7 Å². The van der Waals surface area contributed by atoms with Crippen LogP contribution >= 0.6 is 0 Å². The Labute approximate surface area is 494 Å². The normalized spacial score (nSPS) is 18.1. The predicted molar refractivity (Wildman–Crippen MR) is 331 cm³/mol. The summed E-state index contributed by atoms with van der Waals surface area (Å²) in [5.41, 5.74) is 0. The predicted octanol–water partition coefficient (Wildman–Crippen LogP) is 17.9. The summed E-state index contributed by atoms with van der Waals surface area (Å²) in [6.45, 7) is 5.85. The molecule has 0 amide bonds. The summed E-state index contributed by atoms with van der Waals surface area (Å²) in [5.74, 6) is -3.26. The molecule has 3 N–H and O–H groups in total. The summed E-state index contributed by atoms with van der Waals surface area (Å²) in [5, 5.41) is 31.6. The smallest absolute Gasteiger partial charge is 0.335 e. The summed E-state index contributed by atoms with van der Waals surface area (Å²) in [7, 11) is 0. The van der Waals surface area contributed by atoms with E-state index in [0.717, 1.165) is 70.6 Å². The molecule has 0 radical (unpaired) electrons. The molecule has 1 fully saturated rings. The van der Waals surface area contributed by atoms with Gasteiger partial charge in [0, 0.05) is 12.8 Å². The summed E-state index contributed by atoms with van der Waals surface area (Å²) in [6.07, 6.45) is 59.3. The van der Waals surface area contributed by atoms with Crippen molar-refractivity contribution in [2.24, 2.45) is 0 Å². The van der Waals surface area contributed by atoms with Crippen molar-refractivity contribution in [2.45, 2.75) is 340 Å². The molecule has 1 saturated heterocycles. The molecule has 1 aliphatic rings. The van der Waals surface area contributed by atoms with Crippen molar-refractivity contribution in [3.05, 3.63) is 60.8 Å². The summed E-state index contributed by atoms with van der Waals surface area (Å²) in [4.78, 5) is 51.3. The number of esters is 3. The number of hydrogen-bond donors (Lipinski definition) is 3. The molecule has 1 heterocycles. The number of ether oxygens (including phenoxy) is 5. The number of aliphatic carboxylic acids is 1. The summed E-state index contributed by atoms with van der Waals surface area (Å²) >= 11 is 0. The number of carbonyl (C=O) groups excluding carboxylic acids is 3. The first-order chi connectivity index (χ1) is 39.6. The van der Waals surface area contributed by atoms with Gasteiger partial charge in [-0.3, -0.25) is 14.4 Å². The lowest BCUT2D eigenvalue weighted by molar-refractivity contribution is -0.301. The second kappa shape index (κ2) is 56.9. The topological polar surface area (TPSA) is 175 Å². The fraction of sp³-hybridized carbons (Fsp3) is 0.797. The number of carbonyl (C=O) groups is 4. The second-order valence-electron chi connectivity index (χ2n) is 22.8. The average Bonchev–Trinajstić information content (AvgIpc) is 3.53. The minimum atomic E-state index is -1.91. The van der Waals surface area contributed by atoms with Crippen LogP contribution in [0.2, 0.25) is 0 Å². The lowest BCUT2D eigenvalue weighted by Crippen LogP contribution is -2.61. The minimum absolute atomic E-state index is 0.0541. The molecular formula is C69H120O12. The van der Waals surface area contributed by atoms with Gasteiger partial charge in [-0.2, -0.15) is 0 Å². The van der Waals surface area contributed by atoms with E-state index in [1.807, 2.05) is 12.2 Å². The maximum absolute atomic E-state index is 13.1. The van der Waals surface area contributed by atoms with Crippen molar-refractivity contribution in [2.75, 3.05) is 13.2 Å². The molecule has 6 atom stereocenters. The molecule has 0 aromatic rings. The van der Waals surface area contributed by atoms with Gasteiger partial charge in [-0.15, -0.1) is 0 Å². The Morgan fingerprint density at radius 3 is 1.14 bits per heavy atom. The van der Waals surface area contributed by atoms with Crippen LogP contribution < -0.4 is 0 Å². The maximum Gasteiger partial charge on any atom is 0.335 e. The first-order valence-corrected chi connectivity index (χ1v) is 33.3. The Balaban J connectivity index is 2.67. The van der Waals surface area contributed by atoms with Gasteiger partial charge in [0.15, 0.2) is 24.6 Å². The van der Waals surface area contributed by atoms with Gasteiger partial charge in [0.05, 0.1) is 13.0 Å². The molecule has 12 nitrogen and oxygen atoms in total. The highest BCUT2D eigenvalue weighted by Gasteiger charge is 2.50. The van der Waals surface area contributed by atoms with Crippen molar-refractivity contribution in [3.8, 4) is 0 Å². The largest absolute Gasteiger partial charge is 0.479 e. The number of aliphatic hydroxyl groups excluding tert-OH is 2. The van der Waals surface area contributed by atoms with Crippen LogP contribution in [0.3, 0.4) is 0 Å². The van der Waals surface area contributed by atoms with E-state index in [1.54, 1.807) is 6.08 Å². The lowest BCUT2D eigenvalue weighted by Gasteiger charge is -2.40. The SMILES string of the molecule is CC/C=C\C/C=C\C/C=C\C/C=C\C/C=C\CC(=O)OC(COC(=O)CCCCCCCCCCCCCCCCCCCCC)COC1OC(C(=O)O)C(O)C(O)C1OC(=O)CCCCCCCCCCCCCCCCCCC. The zero-order chi connectivity index (χ0) is 58.9. The van der Waals surface area contributed by atoms with Gasteiger partial charge < -0.3 is 39.0 Å². The van der Waals surface area contributed by atoms with E-state index in [0.29, 0.717) is 19.3 Å². The Morgan fingerprint density at radius 1 is 0.420 bits per heavy atom. The molecule has 1 rings (SSSR count).